The number of hydrogen-bond donors (Lipinski definition) is 0. The Morgan fingerprint density at radius 3 is 2.66 bits per heavy atom. The molecule has 4 aromatic rings. The van der Waals surface area contributed by atoms with E-state index in [4.69, 9.17) is 10.2 Å². The Labute approximate surface area is 172 Å². The van der Waals surface area contributed by atoms with Gasteiger partial charge in [-0.05, 0) is 60.5 Å². The first-order valence-electron chi connectivity index (χ1n) is 9.29. The Morgan fingerprint density at radius 2 is 1.97 bits per heavy atom. The molecule has 1 amide bonds. The van der Waals surface area contributed by atoms with Crippen LogP contribution in [0.5, 0.6) is 0 Å². The molecule has 0 aliphatic rings. The number of anilines is 1. The van der Waals surface area contributed by atoms with Gasteiger partial charge in [-0.25, -0.2) is 4.98 Å². The van der Waals surface area contributed by atoms with Gasteiger partial charge in [0.25, 0.3) is 5.91 Å². The minimum atomic E-state index is -0.171. The number of pyridine rings is 1. The zero-order valence-corrected chi connectivity index (χ0v) is 16.7. The number of carbonyl (C=O) groups is 1. The molecule has 0 atom stereocenters. The van der Waals surface area contributed by atoms with Crippen molar-refractivity contribution >= 4 is 32.6 Å². The third-order valence-corrected chi connectivity index (χ3v) is 5.67. The summed E-state index contributed by atoms with van der Waals surface area (Å²) in [6, 6.07) is 20.6. The SMILES string of the molecule is CCc1ccc2nc(N(Cc3ccccn3)C(=O)c3ccc(C#N)cc3)sc2c1. The number of nitrogens with zero attached hydrogens (tertiary/aromatic N) is 4. The van der Waals surface area contributed by atoms with Crippen LogP contribution in [-0.4, -0.2) is 15.9 Å². The van der Waals surface area contributed by atoms with Gasteiger partial charge in [0.05, 0.1) is 34.1 Å². The number of amides is 1. The lowest BCUT2D eigenvalue weighted by molar-refractivity contribution is 0.0985. The van der Waals surface area contributed by atoms with Crippen molar-refractivity contribution in [1.29, 1.82) is 5.26 Å². The lowest BCUT2D eigenvalue weighted by atomic mass is 10.1. The molecule has 0 saturated carbocycles. The van der Waals surface area contributed by atoms with Crippen molar-refractivity contribution in [3.8, 4) is 6.07 Å². The van der Waals surface area contributed by atoms with Crippen LogP contribution in [0.1, 0.15) is 34.1 Å². The third kappa shape index (κ3) is 4.00. The molecule has 0 N–H and O–H groups in total. The van der Waals surface area contributed by atoms with E-state index in [1.165, 1.54) is 16.9 Å². The topological polar surface area (TPSA) is 69.9 Å². The van der Waals surface area contributed by atoms with E-state index in [2.05, 4.69) is 30.1 Å². The highest BCUT2D eigenvalue weighted by atomic mass is 32.1. The Bertz CT molecular complexity index is 1190. The summed E-state index contributed by atoms with van der Waals surface area (Å²) in [4.78, 5) is 24.1. The fraction of sp³-hybridized carbons (Fsp3) is 0.130. The van der Waals surface area contributed by atoms with E-state index in [-0.39, 0.29) is 5.91 Å². The highest BCUT2D eigenvalue weighted by molar-refractivity contribution is 7.22. The van der Waals surface area contributed by atoms with Crippen LogP contribution in [0.3, 0.4) is 0 Å². The second-order valence-corrected chi connectivity index (χ2v) is 7.56. The van der Waals surface area contributed by atoms with Gasteiger partial charge in [0.2, 0.25) is 0 Å². The van der Waals surface area contributed by atoms with Crippen LogP contribution in [0.4, 0.5) is 5.13 Å². The standard InChI is InChI=1S/C23H18N4OS/c1-2-16-8-11-20-21(13-16)29-23(26-20)27(15-19-5-3-4-12-25-19)22(28)18-9-6-17(14-24)7-10-18/h3-13H,2,15H2,1H3. The van der Waals surface area contributed by atoms with Gasteiger partial charge in [-0.2, -0.15) is 5.26 Å². The van der Waals surface area contributed by atoms with Crippen LogP contribution < -0.4 is 4.90 Å². The van der Waals surface area contributed by atoms with Gasteiger partial charge in [0, 0.05) is 11.8 Å². The maximum Gasteiger partial charge on any atom is 0.260 e. The average molecular weight is 398 g/mol. The lowest BCUT2D eigenvalue weighted by Crippen LogP contribution is -2.30. The molecule has 0 fully saturated rings. The smallest absolute Gasteiger partial charge is 0.260 e. The largest absolute Gasteiger partial charge is 0.278 e. The first-order chi connectivity index (χ1) is 14.2. The zero-order valence-electron chi connectivity index (χ0n) is 15.9. The minimum Gasteiger partial charge on any atom is -0.278 e. The van der Waals surface area contributed by atoms with Crippen molar-refractivity contribution in [2.75, 3.05) is 4.90 Å². The van der Waals surface area contributed by atoms with Crippen LogP contribution in [0.2, 0.25) is 0 Å². The van der Waals surface area contributed by atoms with Crippen molar-refractivity contribution in [3.63, 3.8) is 0 Å². The molecule has 0 bridgehead atoms. The van der Waals surface area contributed by atoms with Gasteiger partial charge in [-0.3, -0.25) is 14.7 Å². The molecule has 0 radical (unpaired) electrons. The van der Waals surface area contributed by atoms with Gasteiger partial charge in [0.15, 0.2) is 5.13 Å². The number of aromatic nitrogens is 2. The van der Waals surface area contributed by atoms with E-state index in [9.17, 15) is 4.79 Å². The number of carbonyl (C=O) groups excluding carboxylic acids is 1. The molecule has 2 aromatic carbocycles. The second-order valence-electron chi connectivity index (χ2n) is 6.55. The number of benzene rings is 2. The molecular formula is C23H18N4OS. The maximum atomic E-state index is 13.3. The second kappa shape index (κ2) is 8.21. The van der Waals surface area contributed by atoms with Gasteiger partial charge >= 0.3 is 0 Å². The number of thiazole rings is 1. The summed E-state index contributed by atoms with van der Waals surface area (Å²) in [5.74, 6) is -0.171. The van der Waals surface area contributed by atoms with Gasteiger partial charge < -0.3 is 0 Å². The summed E-state index contributed by atoms with van der Waals surface area (Å²) in [5.41, 5.74) is 3.92. The molecule has 0 aliphatic carbocycles. The van der Waals surface area contributed by atoms with Gasteiger partial charge in [0.1, 0.15) is 0 Å². The van der Waals surface area contributed by atoms with E-state index in [1.807, 2.05) is 24.3 Å². The number of hydrogen-bond acceptors (Lipinski definition) is 5. The summed E-state index contributed by atoms with van der Waals surface area (Å²) in [6.07, 6.45) is 2.66. The molecule has 142 valence electrons. The monoisotopic (exact) mass is 398 g/mol. The molecule has 2 heterocycles. The first kappa shape index (κ1) is 18.8. The summed E-state index contributed by atoms with van der Waals surface area (Å²) in [7, 11) is 0. The zero-order chi connectivity index (χ0) is 20.2. The Hall–Kier alpha value is -3.56. The maximum absolute atomic E-state index is 13.3. The molecule has 0 unspecified atom stereocenters. The van der Waals surface area contributed by atoms with Crippen LogP contribution >= 0.6 is 11.3 Å². The van der Waals surface area contributed by atoms with Crippen molar-refractivity contribution in [3.05, 3.63) is 89.2 Å². The minimum absolute atomic E-state index is 0.171. The van der Waals surface area contributed by atoms with Crippen molar-refractivity contribution < 1.29 is 4.79 Å². The third-order valence-electron chi connectivity index (χ3n) is 4.63. The molecule has 0 saturated heterocycles. The molecule has 4 rings (SSSR count). The summed E-state index contributed by atoms with van der Waals surface area (Å²) < 4.78 is 1.05. The average Bonchev–Trinajstić information content (AvgIpc) is 3.20. The van der Waals surface area contributed by atoms with Crippen LogP contribution in [0, 0.1) is 11.3 Å². The number of fused-ring (bicyclic) bond motifs is 1. The fourth-order valence-corrected chi connectivity index (χ4v) is 4.04. The first-order valence-corrected chi connectivity index (χ1v) is 10.1. The van der Waals surface area contributed by atoms with E-state index < -0.39 is 0 Å². The van der Waals surface area contributed by atoms with Crippen molar-refractivity contribution in [2.24, 2.45) is 0 Å². The highest BCUT2D eigenvalue weighted by Gasteiger charge is 2.22. The van der Waals surface area contributed by atoms with Gasteiger partial charge in [-0.1, -0.05) is 30.4 Å². The fourth-order valence-electron chi connectivity index (χ4n) is 3.02. The molecule has 0 spiro atoms. The Morgan fingerprint density at radius 1 is 1.14 bits per heavy atom. The predicted molar refractivity (Wildman–Crippen MR) is 115 cm³/mol. The van der Waals surface area contributed by atoms with Crippen LogP contribution in [0.15, 0.2) is 66.9 Å². The van der Waals surface area contributed by atoms with Crippen molar-refractivity contribution in [2.45, 2.75) is 19.9 Å². The normalized spacial score (nSPS) is 10.6. The van der Waals surface area contributed by atoms with Crippen LogP contribution in [-0.2, 0) is 13.0 Å². The van der Waals surface area contributed by atoms with Gasteiger partial charge in [-0.15, -0.1) is 0 Å². The number of aryl methyl sites for hydroxylation is 1. The van der Waals surface area contributed by atoms with E-state index in [0.29, 0.717) is 22.8 Å². The Kier molecular flexibility index (Phi) is 5.32. The summed E-state index contributed by atoms with van der Waals surface area (Å²) in [5, 5.41) is 9.64. The molecule has 29 heavy (non-hydrogen) atoms. The van der Waals surface area contributed by atoms with Crippen LogP contribution in [0.25, 0.3) is 10.2 Å². The highest BCUT2D eigenvalue weighted by Crippen LogP contribution is 2.31. The summed E-state index contributed by atoms with van der Waals surface area (Å²) in [6.45, 7) is 2.44. The lowest BCUT2D eigenvalue weighted by Gasteiger charge is -2.19. The van der Waals surface area contributed by atoms with E-state index in [1.54, 1.807) is 35.4 Å². The predicted octanol–water partition coefficient (Wildman–Crippen LogP) is 4.97. The Balaban J connectivity index is 1.75. The molecule has 5 nitrogen and oxygen atoms in total. The summed E-state index contributed by atoms with van der Waals surface area (Å²) >= 11 is 1.50. The molecular weight excluding hydrogens is 380 g/mol. The van der Waals surface area contributed by atoms with E-state index >= 15 is 0 Å². The molecule has 6 heteroatoms. The number of rotatable bonds is 5. The quantitative estimate of drug-likeness (QED) is 0.476. The molecule has 0 aliphatic heterocycles. The van der Waals surface area contributed by atoms with E-state index in [0.717, 1.165) is 22.3 Å². The molecule has 2 aromatic heterocycles. The van der Waals surface area contributed by atoms with Crippen molar-refractivity contribution in [1.82, 2.24) is 9.97 Å². The number of nitriles is 1.